The molecule has 0 aliphatic heterocycles. The van der Waals surface area contributed by atoms with Gasteiger partial charge in [0.05, 0.1) is 17.7 Å². The van der Waals surface area contributed by atoms with E-state index in [1.54, 1.807) is 0 Å². The predicted octanol–water partition coefficient (Wildman–Crippen LogP) is 6.04. The van der Waals surface area contributed by atoms with Crippen LogP contribution in [0.1, 0.15) is 41.3 Å². The summed E-state index contributed by atoms with van der Waals surface area (Å²) in [5.74, 6) is -0.219. The molecular formula is C25H18F4O3. The summed E-state index contributed by atoms with van der Waals surface area (Å²) in [5, 5.41) is 0. The van der Waals surface area contributed by atoms with Crippen molar-refractivity contribution in [2.75, 3.05) is 6.61 Å². The molecule has 0 aliphatic rings. The molecule has 0 saturated carbocycles. The van der Waals surface area contributed by atoms with Gasteiger partial charge in [-0.15, -0.1) is 0 Å². The molecule has 164 valence electrons. The van der Waals surface area contributed by atoms with Crippen LogP contribution < -0.4 is 9.47 Å². The average Bonchev–Trinajstić information content (AvgIpc) is 2.79. The molecule has 0 atom stereocenters. The Hall–Kier alpha value is -3.79. The molecule has 0 heterocycles. The van der Waals surface area contributed by atoms with Crippen molar-refractivity contribution in [1.82, 2.24) is 0 Å². The normalized spacial score (nSPS) is 10.3. The van der Waals surface area contributed by atoms with Crippen molar-refractivity contribution >= 4 is 5.97 Å². The van der Waals surface area contributed by atoms with E-state index in [4.69, 9.17) is 9.47 Å². The minimum absolute atomic E-state index is 0.132. The number of carbonyl (C=O) groups is 1. The molecule has 0 amide bonds. The lowest BCUT2D eigenvalue weighted by Crippen LogP contribution is -2.08. The second-order valence-electron chi connectivity index (χ2n) is 6.73. The summed E-state index contributed by atoms with van der Waals surface area (Å²) in [4.78, 5) is 12.1. The van der Waals surface area contributed by atoms with E-state index in [0.717, 1.165) is 31.0 Å². The average molecular weight is 442 g/mol. The van der Waals surface area contributed by atoms with Crippen molar-refractivity contribution in [3.05, 3.63) is 94.6 Å². The topological polar surface area (TPSA) is 35.5 Å². The van der Waals surface area contributed by atoms with Crippen molar-refractivity contribution in [3.63, 3.8) is 0 Å². The number of halogens is 4. The lowest BCUT2D eigenvalue weighted by Gasteiger charge is -2.07. The Morgan fingerprint density at radius 3 is 2.31 bits per heavy atom. The van der Waals surface area contributed by atoms with Crippen molar-refractivity contribution in [3.8, 4) is 23.3 Å². The number of carbonyl (C=O) groups excluding carboxylic acids is 1. The van der Waals surface area contributed by atoms with Gasteiger partial charge in [0.15, 0.2) is 23.2 Å². The zero-order valence-corrected chi connectivity index (χ0v) is 17.1. The molecule has 3 aromatic carbocycles. The molecule has 3 aromatic rings. The first-order valence-corrected chi connectivity index (χ1v) is 9.79. The van der Waals surface area contributed by atoms with Crippen LogP contribution in [0.4, 0.5) is 17.6 Å². The fraction of sp³-hybridized carbons (Fsp3) is 0.160. The second kappa shape index (κ2) is 10.5. The largest absolute Gasteiger partial charge is 0.490 e. The molecule has 0 aliphatic carbocycles. The Kier molecular flexibility index (Phi) is 7.50. The van der Waals surface area contributed by atoms with Crippen LogP contribution in [0.5, 0.6) is 11.5 Å². The quantitative estimate of drug-likeness (QED) is 0.154. The van der Waals surface area contributed by atoms with E-state index >= 15 is 0 Å². The minimum Gasteiger partial charge on any atom is -0.490 e. The maximum Gasteiger partial charge on any atom is 0.343 e. The molecule has 0 radical (unpaired) electrons. The molecule has 0 aromatic heterocycles. The molecule has 0 saturated heterocycles. The minimum atomic E-state index is -1.13. The van der Waals surface area contributed by atoms with Crippen LogP contribution in [0, 0.1) is 35.1 Å². The van der Waals surface area contributed by atoms with Gasteiger partial charge in [-0.2, -0.15) is 4.39 Å². The van der Waals surface area contributed by atoms with Crippen LogP contribution in [0.3, 0.4) is 0 Å². The number of hydrogen-bond acceptors (Lipinski definition) is 3. The SMILES string of the molecule is CCCCOc1ccc(C#Cc2ccc(C(=O)Oc3ccc(F)c(F)c3)cc2)c(F)c1F. The summed E-state index contributed by atoms with van der Waals surface area (Å²) in [7, 11) is 0. The summed E-state index contributed by atoms with van der Waals surface area (Å²) in [5.41, 5.74) is 0.454. The van der Waals surface area contributed by atoms with Gasteiger partial charge in [-0.25, -0.2) is 18.0 Å². The third kappa shape index (κ3) is 5.67. The third-order valence-corrected chi connectivity index (χ3v) is 4.37. The van der Waals surface area contributed by atoms with Crippen LogP contribution in [-0.2, 0) is 0 Å². The van der Waals surface area contributed by atoms with Gasteiger partial charge in [0, 0.05) is 11.6 Å². The van der Waals surface area contributed by atoms with E-state index in [9.17, 15) is 22.4 Å². The molecular weight excluding hydrogens is 424 g/mol. The highest BCUT2D eigenvalue weighted by Gasteiger charge is 2.14. The van der Waals surface area contributed by atoms with Gasteiger partial charge in [0.25, 0.3) is 0 Å². The summed E-state index contributed by atoms with van der Waals surface area (Å²) >= 11 is 0. The molecule has 3 nitrogen and oxygen atoms in total. The Balaban J connectivity index is 1.69. The number of ether oxygens (including phenoxy) is 2. The van der Waals surface area contributed by atoms with E-state index in [2.05, 4.69) is 11.8 Å². The van der Waals surface area contributed by atoms with Crippen LogP contribution >= 0.6 is 0 Å². The van der Waals surface area contributed by atoms with Crippen molar-refractivity contribution < 1.29 is 31.8 Å². The zero-order chi connectivity index (χ0) is 23.1. The first-order chi connectivity index (χ1) is 15.4. The van der Waals surface area contributed by atoms with Gasteiger partial charge in [0.1, 0.15) is 5.75 Å². The number of benzene rings is 3. The van der Waals surface area contributed by atoms with Gasteiger partial charge in [-0.1, -0.05) is 25.2 Å². The van der Waals surface area contributed by atoms with Gasteiger partial charge in [0.2, 0.25) is 5.82 Å². The molecule has 7 heteroatoms. The van der Waals surface area contributed by atoms with Crippen LogP contribution in [0.2, 0.25) is 0 Å². The fourth-order valence-electron chi connectivity index (χ4n) is 2.60. The molecule has 0 fully saturated rings. The summed E-state index contributed by atoms with van der Waals surface area (Å²) in [6.07, 6.45) is 1.60. The van der Waals surface area contributed by atoms with E-state index in [-0.39, 0.29) is 22.6 Å². The first kappa shape index (κ1) is 22.9. The highest BCUT2D eigenvalue weighted by Crippen LogP contribution is 2.23. The number of esters is 1. The zero-order valence-electron chi connectivity index (χ0n) is 17.1. The summed E-state index contributed by atoms with van der Waals surface area (Å²) in [6, 6.07) is 11.2. The predicted molar refractivity (Wildman–Crippen MR) is 110 cm³/mol. The van der Waals surface area contributed by atoms with Crippen LogP contribution in [0.25, 0.3) is 0 Å². The Labute approximate surface area is 182 Å². The molecule has 0 spiro atoms. The van der Waals surface area contributed by atoms with Gasteiger partial charge < -0.3 is 9.47 Å². The molecule has 32 heavy (non-hydrogen) atoms. The van der Waals surface area contributed by atoms with Crippen LogP contribution in [0.15, 0.2) is 54.6 Å². The van der Waals surface area contributed by atoms with Gasteiger partial charge in [-0.05, 0) is 55.0 Å². The molecule has 0 N–H and O–H groups in total. The van der Waals surface area contributed by atoms with Crippen molar-refractivity contribution in [1.29, 1.82) is 0 Å². The molecule has 0 bridgehead atoms. The first-order valence-electron chi connectivity index (χ1n) is 9.79. The lowest BCUT2D eigenvalue weighted by molar-refractivity contribution is 0.0734. The molecule has 0 unspecified atom stereocenters. The fourth-order valence-corrected chi connectivity index (χ4v) is 2.60. The monoisotopic (exact) mass is 442 g/mol. The lowest BCUT2D eigenvalue weighted by atomic mass is 10.1. The summed E-state index contributed by atoms with van der Waals surface area (Å²) < 4.78 is 64.7. The van der Waals surface area contributed by atoms with Crippen molar-refractivity contribution in [2.24, 2.45) is 0 Å². The smallest absolute Gasteiger partial charge is 0.343 e. The second-order valence-corrected chi connectivity index (χ2v) is 6.73. The molecule has 3 rings (SSSR count). The highest BCUT2D eigenvalue weighted by atomic mass is 19.2. The Morgan fingerprint density at radius 2 is 1.62 bits per heavy atom. The number of unbranched alkanes of at least 4 members (excludes halogenated alkanes) is 1. The van der Waals surface area contributed by atoms with Crippen molar-refractivity contribution in [2.45, 2.75) is 19.8 Å². The Bertz CT molecular complexity index is 1180. The van der Waals surface area contributed by atoms with E-state index in [1.807, 2.05) is 6.92 Å². The Morgan fingerprint density at radius 1 is 0.875 bits per heavy atom. The van der Waals surface area contributed by atoms with Gasteiger partial charge in [-0.3, -0.25) is 0 Å². The van der Waals surface area contributed by atoms with E-state index in [1.165, 1.54) is 36.4 Å². The highest BCUT2D eigenvalue weighted by molar-refractivity contribution is 5.91. The van der Waals surface area contributed by atoms with E-state index in [0.29, 0.717) is 12.2 Å². The number of hydrogen-bond donors (Lipinski definition) is 0. The maximum atomic E-state index is 14.2. The van der Waals surface area contributed by atoms with E-state index < -0.39 is 29.2 Å². The standard InChI is InChI=1S/C25H18F4O3/c1-2-3-14-31-22-13-10-17(23(28)24(22)29)7-4-16-5-8-18(9-6-16)25(30)32-19-11-12-20(26)21(27)15-19/h5-6,8-13,15H,2-3,14H2,1H3. The van der Waals surface area contributed by atoms with Gasteiger partial charge >= 0.3 is 5.97 Å². The number of rotatable bonds is 6. The van der Waals surface area contributed by atoms with Crippen LogP contribution in [-0.4, -0.2) is 12.6 Å². The maximum absolute atomic E-state index is 14.2. The third-order valence-electron chi connectivity index (χ3n) is 4.37. The summed E-state index contributed by atoms with van der Waals surface area (Å²) in [6.45, 7) is 2.25.